The number of methoxy groups -OCH3 is 1. The highest BCUT2D eigenvalue weighted by Gasteiger charge is 2.53. The van der Waals surface area contributed by atoms with Crippen molar-refractivity contribution in [2.24, 2.45) is 17.6 Å². The molecule has 252 valence electrons. The molecule has 1 aliphatic carbocycles. The Bertz CT molecular complexity index is 1350. The highest BCUT2D eigenvalue weighted by Crippen LogP contribution is 2.55. The number of aromatic hydroxyl groups is 1. The van der Waals surface area contributed by atoms with E-state index in [1.807, 2.05) is 18.2 Å². The number of ether oxygens (including phenoxy) is 4. The van der Waals surface area contributed by atoms with Crippen LogP contribution in [0.2, 0.25) is 0 Å². The number of cyclic esters (lactones) is 1. The molecule has 1 fully saturated rings. The van der Waals surface area contributed by atoms with Crippen LogP contribution >= 0.6 is 0 Å². The van der Waals surface area contributed by atoms with E-state index in [-0.39, 0.29) is 42.9 Å². The number of hydrogen-bond donors (Lipinski definition) is 5. The van der Waals surface area contributed by atoms with Crippen LogP contribution in [0.3, 0.4) is 0 Å². The van der Waals surface area contributed by atoms with E-state index in [4.69, 9.17) is 24.7 Å². The van der Waals surface area contributed by atoms with Gasteiger partial charge in [-0.2, -0.15) is 0 Å². The molecule has 11 nitrogen and oxygen atoms in total. The first-order chi connectivity index (χ1) is 22.4. The van der Waals surface area contributed by atoms with Gasteiger partial charge in [-0.1, -0.05) is 31.7 Å². The summed E-state index contributed by atoms with van der Waals surface area (Å²) in [6.07, 6.45) is 8.68. The number of aryl methyl sites for hydroxylation is 1. The number of amides is 1. The summed E-state index contributed by atoms with van der Waals surface area (Å²) in [6.45, 7) is 6.29. The predicted octanol–water partition coefficient (Wildman–Crippen LogP) is 3.79. The van der Waals surface area contributed by atoms with Gasteiger partial charge in [0.25, 0.3) is 0 Å². The molecule has 1 unspecified atom stereocenters. The van der Waals surface area contributed by atoms with Crippen molar-refractivity contribution in [2.45, 2.75) is 70.3 Å². The number of phenolic OH excluding ortho intramolecular Hbond substituents is 1. The quantitative estimate of drug-likeness (QED) is 0.120. The lowest BCUT2D eigenvalue weighted by atomic mass is 9.65. The number of nitrogens with two attached hydrogens (primary N) is 1. The maximum Gasteiger partial charge on any atom is 0.310 e. The molecule has 5 rings (SSSR count). The van der Waals surface area contributed by atoms with Gasteiger partial charge in [0, 0.05) is 24.8 Å². The van der Waals surface area contributed by atoms with Gasteiger partial charge >= 0.3 is 5.97 Å². The zero-order valence-corrected chi connectivity index (χ0v) is 27.2. The van der Waals surface area contributed by atoms with E-state index >= 15 is 0 Å². The molecular weight excluding hydrogens is 588 g/mol. The molecule has 2 heterocycles. The normalized spacial score (nSPS) is 21.1. The van der Waals surface area contributed by atoms with E-state index in [2.05, 4.69) is 16.0 Å². The van der Waals surface area contributed by atoms with Crippen LogP contribution in [0.5, 0.6) is 23.0 Å². The Morgan fingerprint density at radius 3 is 2.33 bits per heavy atom. The van der Waals surface area contributed by atoms with Gasteiger partial charge in [-0.25, -0.2) is 0 Å². The molecule has 1 amide bonds. The summed E-state index contributed by atoms with van der Waals surface area (Å²) in [7, 11) is 1.50. The molecule has 3 aliphatic rings. The number of esters is 1. The van der Waals surface area contributed by atoms with E-state index in [0.29, 0.717) is 35.8 Å². The number of benzene rings is 2. The number of nitrogens with one attached hydrogen (secondary N) is 3. The van der Waals surface area contributed by atoms with Crippen molar-refractivity contribution in [1.29, 1.82) is 0 Å². The van der Waals surface area contributed by atoms with Crippen LogP contribution in [0.1, 0.15) is 85.6 Å². The second kappa shape index (κ2) is 16.3. The maximum absolute atomic E-state index is 13.3. The van der Waals surface area contributed by atoms with Crippen molar-refractivity contribution in [3.63, 3.8) is 0 Å². The zero-order valence-electron chi connectivity index (χ0n) is 27.2. The number of carbonyl (C=O) groups excluding carboxylic acids is 2. The first-order valence-electron chi connectivity index (χ1n) is 16.8. The molecule has 0 spiro atoms. The van der Waals surface area contributed by atoms with Gasteiger partial charge in [0.15, 0.2) is 23.0 Å². The third kappa shape index (κ3) is 7.87. The molecule has 0 bridgehead atoms. The van der Waals surface area contributed by atoms with E-state index in [1.165, 1.54) is 39.2 Å². The first-order valence-corrected chi connectivity index (χ1v) is 16.8. The van der Waals surface area contributed by atoms with E-state index < -0.39 is 12.0 Å². The van der Waals surface area contributed by atoms with E-state index in [0.717, 1.165) is 55.7 Å². The number of carbonyl (C=O) groups is 2. The van der Waals surface area contributed by atoms with Gasteiger partial charge in [-0.3, -0.25) is 9.59 Å². The number of rotatable bonds is 18. The van der Waals surface area contributed by atoms with Crippen LogP contribution in [0.4, 0.5) is 0 Å². The van der Waals surface area contributed by atoms with Crippen LogP contribution in [0, 0.1) is 18.8 Å². The minimum Gasteiger partial charge on any atom is -0.504 e. The van der Waals surface area contributed by atoms with Gasteiger partial charge in [0.1, 0.15) is 0 Å². The summed E-state index contributed by atoms with van der Waals surface area (Å²) >= 11 is 0. The monoisotopic (exact) mass is 638 g/mol. The third-order valence-electron chi connectivity index (χ3n) is 9.41. The van der Waals surface area contributed by atoms with Crippen LogP contribution in [0.25, 0.3) is 0 Å². The lowest BCUT2D eigenvalue weighted by Gasteiger charge is -2.39. The average molecular weight is 639 g/mol. The van der Waals surface area contributed by atoms with Crippen molar-refractivity contribution in [1.82, 2.24) is 16.0 Å². The van der Waals surface area contributed by atoms with Crippen LogP contribution < -0.4 is 35.9 Å². The smallest absolute Gasteiger partial charge is 0.310 e. The topological polar surface area (TPSA) is 153 Å². The Hall–Kier alpha value is -3.54. The number of unbranched alkanes of at least 4 members (excludes halogenated alkanes) is 5. The van der Waals surface area contributed by atoms with Gasteiger partial charge in [-0.15, -0.1) is 0 Å². The summed E-state index contributed by atoms with van der Waals surface area (Å²) in [5.74, 6) is 0.00758. The largest absolute Gasteiger partial charge is 0.504 e. The average Bonchev–Trinajstić information content (AvgIpc) is 3.67. The summed E-state index contributed by atoms with van der Waals surface area (Å²) in [5.41, 5.74) is 8.74. The molecule has 2 aliphatic heterocycles. The maximum atomic E-state index is 13.3. The Balaban J connectivity index is 1.18. The minimum absolute atomic E-state index is 0.0637. The van der Waals surface area contributed by atoms with Crippen LogP contribution in [-0.4, -0.2) is 70.2 Å². The fourth-order valence-corrected chi connectivity index (χ4v) is 6.99. The molecule has 2 aromatic rings. The van der Waals surface area contributed by atoms with Gasteiger partial charge in [0.2, 0.25) is 12.7 Å². The predicted molar refractivity (Wildman–Crippen MR) is 174 cm³/mol. The molecule has 2 aromatic carbocycles. The molecule has 4 atom stereocenters. The molecule has 11 heteroatoms. The fraction of sp³-hybridized carbons (Fsp3) is 0.600. The summed E-state index contributed by atoms with van der Waals surface area (Å²) < 4.78 is 22.5. The summed E-state index contributed by atoms with van der Waals surface area (Å²) in [4.78, 5) is 26.6. The standard InChI is InChI=1S/C35H50N4O7/c1-22-16-23(17-29(43-2)34(22)41)31-24-18-27-28(46-21-45-27)19-25(24)33(26-20-44-35(42)32(26)31)39-30(40)10-15-38-14-9-13-37-12-8-6-4-3-5-7-11-36/h16-19,26,31-33,37-38,41H,3-15,20-21,36H2,1-2H3,(H,39,40)/t26-,31?,32-,33+/m0/s1. The minimum atomic E-state index is -0.534. The fourth-order valence-electron chi connectivity index (χ4n) is 6.99. The second-order valence-electron chi connectivity index (χ2n) is 12.6. The molecule has 0 saturated carbocycles. The van der Waals surface area contributed by atoms with Gasteiger partial charge < -0.3 is 45.7 Å². The van der Waals surface area contributed by atoms with Crippen molar-refractivity contribution in [2.75, 3.05) is 53.2 Å². The van der Waals surface area contributed by atoms with Crippen LogP contribution in [0.15, 0.2) is 24.3 Å². The molecule has 46 heavy (non-hydrogen) atoms. The van der Waals surface area contributed by atoms with Crippen LogP contribution in [-0.2, 0) is 14.3 Å². The van der Waals surface area contributed by atoms with Gasteiger partial charge in [-0.05, 0) is 92.8 Å². The highest BCUT2D eigenvalue weighted by atomic mass is 16.7. The Morgan fingerprint density at radius 2 is 1.59 bits per heavy atom. The van der Waals surface area contributed by atoms with Crippen molar-refractivity contribution >= 4 is 11.9 Å². The molecule has 1 saturated heterocycles. The van der Waals surface area contributed by atoms with E-state index in [9.17, 15) is 14.7 Å². The summed E-state index contributed by atoms with van der Waals surface area (Å²) in [5, 5.41) is 20.6. The van der Waals surface area contributed by atoms with Crippen molar-refractivity contribution < 1.29 is 33.6 Å². The third-order valence-corrected chi connectivity index (χ3v) is 9.41. The highest BCUT2D eigenvalue weighted by molar-refractivity contribution is 5.81. The molecular formula is C35H50N4O7. The Labute approximate surface area is 271 Å². The zero-order chi connectivity index (χ0) is 32.5. The molecule has 0 radical (unpaired) electrons. The Kier molecular flexibility index (Phi) is 12.0. The lowest BCUT2D eigenvalue weighted by Crippen LogP contribution is -2.43. The number of fused-ring (bicyclic) bond motifs is 3. The Morgan fingerprint density at radius 1 is 0.913 bits per heavy atom. The lowest BCUT2D eigenvalue weighted by molar-refractivity contribution is -0.141. The van der Waals surface area contributed by atoms with Gasteiger partial charge in [0.05, 0.1) is 25.7 Å². The number of hydrogen-bond acceptors (Lipinski definition) is 10. The second-order valence-corrected chi connectivity index (χ2v) is 12.6. The SMILES string of the molecule is COc1cc(C2c3cc4c(cc3[C@@H](NC(=O)CCNCCCNCCCCCCCCN)[C@H]3COC(=O)[C@H]23)OCO4)cc(C)c1O. The summed E-state index contributed by atoms with van der Waals surface area (Å²) in [6, 6.07) is 7.06. The molecule has 6 N–H and O–H groups in total. The van der Waals surface area contributed by atoms with E-state index in [1.54, 1.807) is 13.0 Å². The first kappa shape index (κ1) is 33.8. The van der Waals surface area contributed by atoms with Crippen molar-refractivity contribution in [3.8, 4) is 23.0 Å². The van der Waals surface area contributed by atoms with Crippen molar-refractivity contribution in [3.05, 3.63) is 46.5 Å². The molecule has 0 aromatic heterocycles. The number of phenols is 1.